The minimum atomic E-state index is -0.848. The fraction of sp³-hybridized carbons (Fsp3) is 0.692. The standard InChI is InChI=1S/C26H35NO4/c1-5-6-9-23(2,29)18-15-24-10-11-26(18,30-4)22-25(24)12-13-27(3)19(24)14-16-7-8-17(28)21(31-22)20(16)25/h7-8,10-11,18-19,22,28-29H,5-6,9,12-15H2,1-4H3/t18?,19-,22-,23?,24-,25+,26-/m1/s1. The van der Waals surface area contributed by atoms with Crippen LogP contribution in [0.5, 0.6) is 11.5 Å². The molecule has 2 heterocycles. The highest BCUT2D eigenvalue weighted by Crippen LogP contribution is 2.75. The Kier molecular flexibility index (Phi) is 3.93. The maximum atomic E-state index is 11.8. The van der Waals surface area contributed by atoms with Crippen molar-refractivity contribution in [3.05, 3.63) is 35.4 Å². The van der Waals surface area contributed by atoms with Gasteiger partial charge in [-0.15, -0.1) is 0 Å². The lowest BCUT2D eigenvalue weighted by atomic mass is 9.36. The fourth-order valence-electron chi connectivity index (χ4n) is 8.47. The zero-order valence-corrected chi connectivity index (χ0v) is 19.1. The monoisotopic (exact) mass is 425 g/mol. The topological polar surface area (TPSA) is 62.2 Å². The predicted molar refractivity (Wildman–Crippen MR) is 119 cm³/mol. The van der Waals surface area contributed by atoms with Gasteiger partial charge in [-0.3, -0.25) is 0 Å². The van der Waals surface area contributed by atoms with Gasteiger partial charge in [-0.25, -0.2) is 0 Å². The van der Waals surface area contributed by atoms with Crippen molar-refractivity contribution < 1.29 is 19.7 Å². The Morgan fingerprint density at radius 1 is 1.32 bits per heavy atom. The molecule has 2 N–H and O–H groups in total. The van der Waals surface area contributed by atoms with E-state index < -0.39 is 11.2 Å². The maximum absolute atomic E-state index is 11.8. The second-order valence-corrected chi connectivity index (χ2v) is 11.0. The molecule has 1 saturated carbocycles. The summed E-state index contributed by atoms with van der Waals surface area (Å²) in [6, 6.07) is 4.24. The van der Waals surface area contributed by atoms with E-state index in [4.69, 9.17) is 9.47 Å². The van der Waals surface area contributed by atoms with Crippen LogP contribution in [0, 0.1) is 11.3 Å². The molecule has 0 aromatic heterocycles. The maximum Gasteiger partial charge on any atom is 0.165 e. The summed E-state index contributed by atoms with van der Waals surface area (Å²) in [6.07, 6.45) is 10.0. The predicted octanol–water partition coefficient (Wildman–Crippen LogP) is 3.55. The van der Waals surface area contributed by atoms with E-state index in [1.165, 1.54) is 11.1 Å². The van der Waals surface area contributed by atoms with E-state index in [0.717, 1.165) is 45.1 Å². The van der Waals surface area contributed by atoms with Crippen LogP contribution in [0.25, 0.3) is 0 Å². The lowest BCUT2D eigenvalue weighted by Gasteiger charge is -2.72. The van der Waals surface area contributed by atoms with E-state index in [-0.39, 0.29) is 28.6 Å². The number of fused-ring (bicyclic) bond motifs is 1. The van der Waals surface area contributed by atoms with Crippen molar-refractivity contribution in [2.45, 2.75) is 81.1 Å². The molecule has 2 fully saturated rings. The van der Waals surface area contributed by atoms with Crippen LogP contribution in [0.4, 0.5) is 0 Å². The number of aromatic hydroxyl groups is 1. The zero-order valence-electron chi connectivity index (χ0n) is 19.1. The van der Waals surface area contributed by atoms with Crippen LogP contribution >= 0.6 is 0 Å². The van der Waals surface area contributed by atoms with Crippen molar-refractivity contribution in [3.63, 3.8) is 0 Å². The van der Waals surface area contributed by atoms with Gasteiger partial charge < -0.3 is 24.6 Å². The van der Waals surface area contributed by atoms with Gasteiger partial charge in [-0.2, -0.15) is 0 Å². The minimum absolute atomic E-state index is 0.0633. The Morgan fingerprint density at radius 3 is 2.87 bits per heavy atom. The quantitative estimate of drug-likeness (QED) is 0.707. The van der Waals surface area contributed by atoms with Gasteiger partial charge in [0, 0.05) is 30.0 Å². The highest BCUT2D eigenvalue weighted by atomic mass is 16.6. The first-order valence-electron chi connectivity index (χ1n) is 12.0. The van der Waals surface area contributed by atoms with Crippen molar-refractivity contribution in [3.8, 4) is 11.5 Å². The summed E-state index contributed by atoms with van der Waals surface area (Å²) in [6.45, 7) is 5.18. The molecule has 31 heavy (non-hydrogen) atoms. The van der Waals surface area contributed by atoms with E-state index in [0.29, 0.717) is 11.8 Å². The third-order valence-corrected chi connectivity index (χ3v) is 9.86. The summed E-state index contributed by atoms with van der Waals surface area (Å²) in [5, 5.41) is 22.6. The van der Waals surface area contributed by atoms with Crippen molar-refractivity contribution in [1.82, 2.24) is 4.90 Å². The summed E-state index contributed by atoms with van der Waals surface area (Å²) >= 11 is 0. The van der Waals surface area contributed by atoms with Gasteiger partial charge in [0.15, 0.2) is 11.5 Å². The van der Waals surface area contributed by atoms with E-state index in [2.05, 4.69) is 37.1 Å². The number of likely N-dealkylation sites (N-methyl/N-ethyl adjacent to an activating group) is 1. The fourth-order valence-corrected chi connectivity index (χ4v) is 8.47. The van der Waals surface area contributed by atoms with Crippen molar-refractivity contribution in [1.29, 1.82) is 0 Å². The molecule has 1 saturated heterocycles. The van der Waals surface area contributed by atoms with E-state index in [9.17, 15) is 10.2 Å². The van der Waals surface area contributed by atoms with Crippen LogP contribution < -0.4 is 4.74 Å². The van der Waals surface area contributed by atoms with Crippen molar-refractivity contribution >= 4 is 0 Å². The Hall–Kier alpha value is -1.56. The number of unbranched alkanes of at least 4 members (excludes halogenated alkanes) is 1. The number of hydrogen-bond donors (Lipinski definition) is 2. The Morgan fingerprint density at radius 2 is 2.13 bits per heavy atom. The molecule has 7 atom stereocenters. The number of hydrogen-bond acceptors (Lipinski definition) is 5. The molecule has 5 heteroatoms. The van der Waals surface area contributed by atoms with Crippen LogP contribution in [0.3, 0.4) is 0 Å². The van der Waals surface area contributed by atoms with Gasteiger partial charge in [0.1, 0.15) is 11.7 Å². The number of ether oxygens (including phenoxy) is 2. The van der Waals surface area contributed by atoms with Gasteiger partial charge in [0.25, 0.3) is 0 Å². The van der Waals surface area contributed by atoms with Crippen LogP contribution in [-0.2, 0) is 16.6 Å². The molecular formula is C26H35NO4. The smallest absolute Gasteiger partial charge is 0.165 e. The number of piperidine rings is 1. The van der Waals surface area contributed by atoms with E-state index in [1.807, 2.05) is 6.92 Å². The molecular weight excluding hydrogens is 390 g/mol. The Labute approximate surface area is 185 Å². The third-order valence-electron chi connectivity index (χ3n) is 9.86. The second kappa shape index (κ2) is 6.06. The molecule has 0 radical (unpaired) electrons. The highest BCUT2D eigenvalue weighted by molar-refractivity contribution is 5.65. The number of phenolic OH excluding ortho intramolecular Hbond substituents is 1. The number of methoxy groups -OCH3 is 1. The molecule has 0 amide bonds. The van der Waals surface area contributed by atoms with Gasteiger partial charge in [-0.1, -0.05) is 38.0 Å². The van der Waals surface area contributed by atoms with Gasteiger partial charge in [0.2, 0.25) is 0 Å². The molecule has 5 nitrogen and oxygen atoms in total. The number of nitrogens with zero attached hydrogens (tertiary/aromatic N) is 1. The molecule has 2 unspecified atom stereocenters. The molecule has 4 aliphatic carbocycles. The molecule has 4 bridgehead atoms. The highest BCUT2D eigenvalue weighted by Gasteiger charge is 2.80. The summed E-state index contributed by atoms with van der Waals surface area (Å²) in [7, 11) is 4.01. The average molecular weight is 426 g/mol. The third kappa shape index (κ3) is 2.05. The Balaban J connectivity index is 1.62. The zero-order chi connectivity index (χ0) is 21.8. The summed E-state index contributed by atoms with van der Waals surface area (Å²) in [5.74, 6) is 0.829. The summed E-state index contributed by atoms with van der Waals surface area (Å²) in [5.41, 5.74) is 0.627. The molecule has 168 valence electrons. The molecule has 1 aromatic carbocycles. The molecule has 7 rings (SSSR count). The number of rotatable bonds is 5. The summed E-state index contributed by atoms with van der Waals surface area (Å²) < 4.78 is 13.1. The minimum Gasteiger partial charge on any atom is -0.504 e. The lowest BCUT2D eigenvalue weighted by molar-refractivity contribution is -0.247. The summed E-state index contributed by atoms with van der Waals surface area (Å²) in [4.78, 5) is 2.52. The van der Waals surface area contributed by atoms with Gasteiger partial charge in [0.05, 0.1) is 11.0 Å². The number of phenols is 1. The molecule has 2 aliphatic heterocycles. The number of likely N-dealkylation sites (tertiary alicyclic amines) is 1. The van der Waals surface area contributed by atoms with Crippen molar-refractivity contribution in [2.24, 2.45) is 11.3 Å². The van der Waals surface area contributed by atoms with Crippen molar-refractivity contribution in [2.75, 3.05) is 20.7 Å². The van der Waals surface area contributed by atoms with Crippen LogP contribution in [-0.4, -0.2) is 59.2 Å². The normalized spacial score (nSPS) is 43.5. The van der Waals surface area contributed by atoms with Crippen LogP contribution in [0.2, 0.25) is 0 Å². The first-order valence-corrected chi connectivity index (χ1v) is 12.0. The first kappa shape index (κ1) is 20.1. The Bertz CT molecular complexity index is 972. The van der Waals surface area contributed by atoms with E-state index in [1.54, 1.807) is 13.2 Å². The lowest BCUT2D eigenvalue weighted by Crippen LogP contribution is -2.80. The average Bonchev–Trinajstić information content (AvgIpc) is 3.14. The molecule has 6 aliphatic rings. The SMILES string of the molecule is CCCCC(C)(O)C1C[C@@]23C=C[C@]1(OC)[C@@H]1Oc4c(O)ccc5c4[C@@]12CCN(C)[C@@H]3C5. The molecule has 2 spiro atoms. The van der Waals surface area contributed by atoms with E-state index >= 15 is 0 Å². The number of benzene rings is 1. The van der Waals surface area contributed by atoms with Crippen LogP contribution in [0.15, 0.2) is 24.3 Å². The van der Waals surface area contributed by atoms with Gasteiger partial charge in [-0.05, 0) is 57.8 Å². The number of aliphatic hydroxyl groups is 1. The second-order valence-electron chi connectivity index (χ2n) is 11.0. The molecule has 1 aromatic rings. The first-order chi connectivity index (χ1) is 14.8. The largest absolute Gasteiger partial charge is 0.504 e. The van der Waals surface area contributed by atoms with Gasteiger partial charge >= 0.3 is 0 Å². The van der Waals surface area contributed by atoms with Crippen LogP contribution in [0.1, 0.15) is 57.1 Å².